The molecule has 80 valence electrons. The largest absolute Gasteiger partial charge is 0.477 e. The first-order valence-electron chi connectivity index (χ1n) is 5.36. The van der Waals surface area contributed by atoms with Crippen molar-refractivity contribution in [1.29, 1.82) is 0 Å². The van der Waals surface area contributed by atoms with Crippen LogP contribution in [0.1, 0.15) is 12.8 Å². The number of nitrogens with zero attached hydrogens (tertiary/aromatic N) is 1. The van der Waals surface area contributed by atoms with Crippen molar-refractivity contribution in [1.82, 2.24) is 10.3 Å². The number of ether oxygens (including phenoxy) is 2. The first-order valence-corrected chi connectivity index (χ1v) is 5.36. The molecule has 2 aliphatic heterocycles. The van der Waals surface area contributed by atoms with Crippen LogP contribution in [0.5, 0.6) is 11.6 Å². The van der Waals surface area contributed by atoms with Crippen LogP contribution in [0.25, 0.3) is 0 Å². The highest BCUT2D eigenvalue weighted by Crippen LogP contribution is 2.35. The minimum absolute atomic E-state index is 0.172. The smallest absolute Gasteiger partial charge is 0.257 e. The number of fused-ring (bicyclic) bond motifs is 1. The van der Waals surface area contributed by atoms with E-state index in [4.69, 9.17) is 9.47 Å². The SMILES string of the molecule is c1cnc2c(c1)OC1(CCCNC1)CO2. The molecule has 1 aromatic rings. The third-order valence-electron chi connectivity index (χ3n) is 2.97. The molecule has 4 nitrogen and oxygen atoms in total. The van der Waals surface area contributed by atoms with Crippen molar-refractivity contribution in [2.24, 2.45) is 0 Å². The second kappa shape index (κ2) is 3.38. The Kier molecular flexibility index (Phi) is 2.02. The predicted octanol–water partition coefficient (Wildman–Crippen LogP) is 0.975. The molecule has 0 radical (unpaired) electrons. The molecule has 1 spiro atoms. The van der Waals surface area contributed by atoms with Gasteiger partial charge in [0.05, 0.1) is 0 Å². The normalized spacial score (nSPS) is 29.1. The molecule has 3 heterocycles. The number of hydrogen-bond donors (Lipinski definition) is 1. The summed E-state index contributed by atoms with van der Waals surface area (Å²) in [4.78, 5) is 4.13. The van der Waals surface area contributed by atoms with Crippen molar-refractivity contribution < 1.29 is 9.47 Å². The van der Waals surface area contributed by atoms with E-state index in [0.29, 0.717) is 12.5 Å². The van der Waals surface area contributed by atoms with Gasteiger partial charge in [0, 0.05) is 12.7 Å². The zero-order valence-electron chi connectivity index (χ0n) is 8.53. The standard InChI is InChI=1S/C11H14N2O2/c1-3-9-10(13-6-1)14-8-11(15-9)4-2-5-12-7-11/h1,3,6,12H,2,4-5,7-8H2. The second-order valence-corrected chi connectivity index (χ2v) is 4.16. The summed E-state index contributed by atoms with van der Waals surface area (Å²) >= 11 is 0. The van der Waals surface area contributed by atoms with E-state index in [1.54, 1.807) is 6.20 Å². The molecule has 15 heavy (non-hydrogen) atoms. The Hall–Kier alpha value is -1.29. The maximum Gasteiger partial charge on any atom is 0.257 e. The lowest BCUT2D eigenvalue weighted by Gasteiger charge is -2.40. The van der Waals surface area contributed by atoms with Gasteiger partial charge in [0.1, 0.15) is 6.61 Å². The first kappa shape index (κ1) is 8.97. The van der Waals surface area contributed by atoms with Crippen molar-refractivity contribution in [3.05, 3.63) is 18.3 Å². The minimum Gasteiger partial charge on any atom is -0.477 e. The fraction of sp³-hybridized carbons (Fsp3) is 0.545. The molecule has 0 amide bonds. The first-order chi connectivity index (χ1) is 7.38. The van der Waals surface area contributed by atoms with Gasteiger partial charge in [-0.25, -0.2) is 4.98 Å². The Labute approximate surface area is 88.6 Å². The highest BCUT2D eigenvalue weighted by molar-refractivity contribution is 5.35. The van der Waals surface area contributed by atoms with Crippen LogP contribution in [-0.2, 0) is 0 Å². The lowest BCUT2D eigenvalue weighted by Crippen LogP contribution is -2.55. The molecule has 1 N–H and O–H groups in total. The molecule has 1 saturated heterocycles. The third kappa shape index (κ3) is 1.55. The predicted molar refractivity (Wildman–Crippen MR) is 55.2 cm³/mol. The van der Waals surface area contributed by atoms with Gasteiger partial charge in [0.2, 0.25) is 0 Å². The number of hydrogen-bond acceptors (Lipinski definition) is 4. The molecule has 1 aromatic heterocycles. The van der Waals surface area contributed by atoms with E-state index in [9.17, 15) is 0 Å². The van der Waals surface area contributed by atoms with E-state index in [1.165, 1.54) is 0 Å². The van der Waals surface area contributed by atoms with Crippen molar-refractivity contribution in [3.8, 4) is 11.6 Å². The Bertz CT molecular complexity index is 361. The molecule has 2 aliphatic rings. The Morgan fingerprint density at radius 1 is 1.47 bits per heavy atom. The van der Waals surface area contributed by atoms with Gasteiger partial charge in [-0.05, 0) is 31.5 Å². The van der Waals surface area contributed by atoms with E-state index in [1.807, 2.05) is 12.1 Å². The second-order valence-electron chi connectivity index (χ2n) is 4.16. The van der Waals surface area contributed by atoms with Gasteiger partial charge >= 0.3 is 0 Å². The molecule has 3 rings (SSSR count). The zero-order chi connectivity index (χ0) is 10.1. The van der Waals surface area contributed by atoms with Crippen molar-refractivity contribution >= 4 is 0 Å². The molecular formula is C11H14N2O2. The van der Waals surface area contributed by atoms with E-state index < -0.39 is 0 Å². The van der Waals surface area contributed by atoms with Crippen LogP contribution in [0.2, 0.25) is 0 Å². The van der Waals surface area contributed by atoms with Gasteiger partial charge in [0.15, 0.2) is 11.4 Å². The van der Waals surface area contributed by atoms with Gasteiger partial charge in [0.25, 0.3) is 5.88 Å². The summed E-state index contributed by atoms with van der Waals surface area (Å²) in [6, 6.07) is 3.79. The third-order valence-corrected chi connectivity index (χ3v) is 2.97. The molecule has 1 fully saturated rings. The number of piperidine rings is 1. The molecule has 0 bridgehead atoms. The van der Waals surface area contributed by atoms with Gasteiger partial charge in [-0.15, -0.1) is 0 Å². The van der Waals surface area contributed by atoms with Crippen molar-refractivity contribution in [2.45, 2.75) is 18.4 Å². The summed E-state index contributed by atoms with van der Waals surface area (Å²) in [6.45, 7) is 2.54. The molecule has 1 unspecified atom stereocenters. The molecular weight excluding hydrogens is 192 g/mol. The summed E-state index contributed by atoms with van der Waals surface area (Å²) in [6.07, 6.45) is 3.91. The summed E-state index contributed by atoms with van der Waals surface area (Å²) in [5.74, 6) is 1.39. The highest BCUT2D eigenvalue weighted by Gasteiger charge is 2.39. The van der Waals surface area contributed by atoms with Gasteiger partial charge in [-0.3, -0.25) is 0 Å². The summed E-state index contributed by atoms with van der Waals surface area (Å²) in [5.41, 5.74) is -0.172. The number of aromatic nitrogens is 1. The fourth-order valence-electron chi connectivity index (χ4n) is 2.18. The highest BCUT2D eigenvalue weighted by atomic mass is 16.6. The Balaban J connectivity index is 1.87. The van der Waals surface area contributed by atoms with Crippen LogP contribution < -0.4 is 14.8 Å². The monoisotopic (exact) mass is 206 g/mol. The van der Waals surface area contributed by atoms with Crippen LogP contribution in [-0.4, -0.2) is 30.3 Å². The topological polar surface area (TPSA) is 43.4 Å². The van der Waals surface area contributed by atoms with Crippen LogP contribution in [0, 0.1) is 0 Å². The van der Waals surface area contributed by atoms with E-state index in [-0.39, 0.29) is 5.60 Å². The molecule has 0 aliphatic carbocycles. The van der Waals surface area contributed by atoms with E-state index in [0.717, 1.165) is 31.7 Å². The number of pyridine rings is 1. The summed E-state index contributed by atoms with van der Waals surface area (Å²) in [7, 11) is 0. The van der Waals surface area contributed by atoms with Crippen LogP contribution in [0.3, 0.4) is 0 Å². The molecule has 0 aromatic carbocycles. The maximum absolute atomic E-state index is 6.01. The summed E-state index contributed by atoms with van der Waals surface area (Å²) < 4.78 is 11.7. The minimum atomic E-state index is -0.172. The molecule has 4 heteroatoms. The fourth-order valence-corrected chi connectivity index (χ4v) is 2.18. The summed E-state index contributed by atoms with van der Waals surface area (Å²) in [5, 5.41) is 3.35. The Morgan fingerprint density at radius 2 is 2.47 bits per heavy atom. The van der Waals surface area contributed by atoms with Gasteiger partial charge in [-0.1, -0.05) is 0 Å². The van der Waals surface area contributed by atoms with Crippen LogP contribution >= 0.6 is 0 Å². The van der Waals surface area contributed by atoms with Crippen LogP contribution in [0.4, 0.5) is 0 Å². The quantitative estimate of drug-likeness (QED) is 0.687. The van der Waals surface area contributed by atoms with Gasteiger partial charge in [-0.2, -0.15) is 0 Å². The van der Waals surface area contributed by atoms with Crippen molar-refractivity contribution in [2.75, 3.05) is 19.7 Å². The zero-order valence-corrected chi connectivity index (χ0v) is 8.53. The molecule has 1 atom stereocenters. The van der Waals surface area contributed by atoms with E-state index >= 15 is 0 Å². The van der Waals surface area contributed by atoms with Crippen LogP contribution in [0.15, 0.2) is 18.3 Å². The lowest BCUT2D eigenvalue weighted by atomic mass is 9.94. The molecule has 0 saturated carbocycles. The van der Waals surface area contributed by atoms with Crippen molar-refractivity contribution in [3.63, 3.8) is 0 Å². The van der Waals surface area contributed by atoms with E-state index in [2.05, 4.69) is 10.3 Å². The average molecular weight is 206 g/mol. The Morgan fingerprint density at radius 3 is 3.33 bits per heavy atom. The maximum atomic E-state index is 6.01. The lowest BCUT2D eigenvalue weighted by molar-refractivity contribution is -0.0277. The number of nitrogens with one attached hydrogen (secondary N) is 1. The van der Waals surface area contributed by atoms with Gasteiger partial charge < -0.3 is 14.8 Å². The number of rotatable bonds is 0. The average Bonchev–Trinajstić information content (AvgIpc) is 2.30.